The number of rotatable bonds is 6. The third-order valence-electron chi connectivity index (χ3n) is 3.40. The lowest BCUT2D eigenvalue weighted by Crippen LogP contribution is -2.14. The van der Waals surface area contributed by atoms with Gasteiger partial charge in [-0.2, -0.15) is 0 Å². The summed E-state index contributed by atoms with van der Waals surface area (Å²) in [5.41, 5.74) is 3.09. The molecule has 1 aromatic carbocycles. The topological polar surface area (TPSA) is 37.7 Å². The zero-order valence-electron chi connectivity index (χ0n) is 13.4. The fraction of sp³-hybridized carbons (Fsp3) is 0.294. The van der Waals surface area contributed by atoms with Crippen molar-refractivity contribution < 1.29 is 4.74 Å². The molecule has 1 heterocycles. The van der Waals surface area contributed by atoms with Gasteiger partial charge < -0.3 is 9.64 Å². The van der Waals surface area contributed by atoms with E-state index in [4.69, 9.17) is 4.74 Å². The second-order valence-corrected chi connectivity index (χ2v) is 6.72. The minimum Gasteiger partial charge on any atom is -0.472 e. The lowest BCUT2D eigenvalue weighted by Gasteiger charge is -2.11. The molecule has 122 valence electrons. The predicted molar refractivity (Wildman–Crippen MR) is 102 cm³/mol. The van der Waals surface area contributed by atoms with Gasteiger partial charge in [-0.05, 0) is 62.9 Å². The number of hydrogen-bond donors (Lipinski definition) is 0. The second-order valence-electron chi connectivity index (χ2n) is 5.12. The van der Waals surface area contributed by atoms with E-state index in [1.165, 1.54) is 5.56 Å². The molecule has 2 rings (SSSR count). The number of hydrogen-bond acceptors (Lipinski definition) is 3. The second kappa shape index (κ2) is 8.45. The molecule has 0 aliphatic carbocycles. The van der Waals surface area contributed by atoms with Crippen LogP contribution in [0.15, 0.2) is 44.4 Å². The van der Waals surface area contributed by atoms with Gasteiger partial charge in [0.2, 0.25) is 5.88 Å². The normalized spacial score (nSPS) is 11.0. The summed E-state index contributed by atoms with van der Waals surface area (Å²) in [4.78, 5) is 10.8. The SMILES string of the molecule is CCN(C)/C=N/c1cc(Br)c(OCc2ccccc2C)nc1Br. The van der Waals surface area contributed by atoms with Crippen LogP contribution in [0.1, 0.15) is 18.1 Å². The molecule has 0 saturated carbocycles. The number of aromatic nitrogens is 1. The molecule has 0 aliphatic rings. The molecule has 0 N–H and O–H groups in total. The lowest BCUT2D eigenvalue weighted by molar-refractivity contribution is 0.290. The molecule has 2 aromatic rings. The van der Waals surface area contributed by atoms with Gasteiger partial charge in [0.15, 0.2) is 0 Å². The van der Waals surface area contributed by atoms with Crippen molar-refractivity contribution in [1.82, 2.24) is 9.88 Å². The number of ether oxygens (including phenoxy) is 1. The Hall–Kier alpha value is -1.40. The number of nitrogens with zero attached hydrogens (tertiary/aromatic N) is 3. The van der Waals surface area contributed by atoms with Gasteiger partial charge in [-0.1, -0.05) is 24.3 Å². The van der Waals surface area contributed by atoms with Gasteiger partial charge in [-0.3, -0.25) is 0 Å². The molecule has 6 heteroatoms. The predicted octanol–water partition coefficient (Wildman–Crippen LogP) is 5.11. The number of halogens is 2. The summed E-state index contributed by atoms with van der Waals surface area (Å²) in [7, 11) is 1.97. The minimum absolute atomic E-state index is 0.478. The van der Waals surface area contributed by atoms with E-state index in [1.807, 2.05) is 30.1 Å². The van der Waals surface area contributed by atoms with Crippen molar-refractivity contribution in [3.8, 4) is 5.88 Å². The first-order valence-electron chi connectivity index (χ1n) is 7.29. The van der Waals surface area contributed by atoms with Crippen molar-refractivity contribution in [2.24, 2.45) is 4.99 Å². The van der Waals surface area contributed by atoms with Crippen LogP contribution >= 0.6 is 31.9 Å². The van der Waals surface area contributed by atoms with Crippen LogP contribution in [0.25, 0.3) is 0 Å². The van der Waals surface area contributed by atoms with E-state index in [-0.39, 0.29) is 0 Å². The summed E-state index contributed by atoms with van der Waals surface area (Å²) in [5.74, 6) is 0.544. The maximum atomic E-state index is 5.84. The van der Waals surface area contributed by atoms with E-state index in [1.54, 1.807) is 6.34 Å². The number of pyridine rings is 1. The molecule has 0 spiro atoms. The van der Waals surface area contributed by atoms with Crippen LogP contribution in [0.4, 0.5) is 5.69 Å². The molecule has 0 aliphatic heterocycles. The maximum Gasteiger partial charge on any atom is 0.229 e. The Morgan fingerprint density at radius 3 is 2.74 bits per heavy atom. The molecule has 23 heavy (non-hydrogen) atoms. The Bertz CT molecular complexity index is 704. The monoisotopic (exact) mass is 439 g/mol. The van der Waals surface area contributed by atoms with Crippen LogP contribution in [-0.2, 0) is 6.61 Å². The highest BCUT2D eigenvalue weighted by atomic mass is 79.9. The summed E-state index contributed by atoms with van der Waals surface area (Å²) in [5, 5.41) is 0. The summed E-state index contributed by atoms with van der Waals surface area (Å²) in [6.45, 7) is 5.51. The highest BCUT2D eigenvalue weighted by Crippen LogP contribution is 2.33. The van der Waals surface area contributed by atoms with Crippen LogP contribution in [0.3, 0.4) is 0 Å². The number of benzene rings is 1. The Balaban J connectivity index is 2.14. The van der Waals surface area contributed by atoms with E-state index in [9.17, 15) is 0 Å². The Morgan fingerprint density at radius 2 is 2.04 bits per heavy atom. The third kappa shape index (κ3) is 5.04. The van der Waals surface area contributed by atoms with Crippen LogP contribution in [0.2, 0.25) is 0 Å². The molecule has 0 radical (unpaired) electrons. The molecule has 4 nitrogen and oxygen atoms in total. The summed E-state index contributed by atoms with van der Waals surface area (Å²) < 4.78 is 7.27. The van der Waals surface area contributed by atoms with Crippen LogP contribution in [0.5, 0.6) is 5.88 Å². The van der Waals surface area contributed by atoms with Crippen molar-refractivity contribution in [3.63, 3.8) is 0 Å². The maximum absolute atomic E-state index is 5.84. The van der Waals surface area contributed by atoms with Crippen LogP contribution < -0.4 is 4.74 Å². The summed E-state index contributed by atoms with van der Waals surface area (Å²) in [6, 6.07) is 10.0. The van der Waals surface area contributed by atoms with Gasteiger partial charge in [-0.25, -0.2) is 9.98 Å². The first kappa shape index (κ1) is 17.9. The van der Waals surface area contributed by atoms with E-state index < -0.39 is 0 Å². The van der Waals surface area contributed by atoms with Crippen molar-refractivity contribution >= 4 is 43.9 Å². The van der Waals surface area contributed by atoms with Crippen LogP contribution in [-0.4, -0.2) is 29.8 Å². The van der Waals surface area contributed by atoms with E-state index in [0.29, 0.717) is 17.1 Å². The smallest absolute Gasteiger partial charge is 0.229 e. The third-order valence-corrected chi connectivity index (χ3v) is 4.55. The molecule has 0 fully saturated rings. The van der Waals surface area contributed by atoms with E-state index >= 15 is 0 Å². The standard InChI is InChI=1S/C17H19Br2N3O/c1-4-22(3)11-20-15-9-14(18)17(21-16(15)19)23-10-13-8-6-5-7-12(13)2/h5-9,11H,4,10H2,1-3H3/b20-11+. The average Bonchev–Trinajstić information content (AvgIpc) is 2.54. The zero-order chi connectivity index (χ0) is 16.8. The Morgan fingerprint density at radius 1 is 1.30 bits per heavy atom. The lowest BCUT2D eigenvalue weighted by atomic mass is 10.1. The summed E-state index contributed by atoms with van der Waals surface area (Å²) >= 11 is 6.95. The first-order valence-corrected chi connectivity index (χ1v) is 8.87. The quantitative estimate of drug-likeness (QED) is 0.356. The molecule has 1 aromatic heterocycles. The van der Waals surface area contributed by atoms with Crippen molar-refractivity contribution in [2.75, 3.05) is 13.6 Å². The molecule has 0 unspecified atom stereocenters. The van der Waals surface area contributed by atoms with Crippen LogP contribution in [0, 0.1) is 6.92 Å². The Kier molecular flexibility index (Phi) is 6.59. The van der Waals surface area contributed by atoms with Gasteiger partial charge in [0, 0.05) is 13.6 Å². The van der Waals surface area contributed by atoms with Gasteiger partial charge in [0.1, 0.15) is 11.2 Å². The number of aliphatic imine (C=N–C) groups is 1. The van der Waals surface area contributed by atoms with Crippen molar-refractivity contribution in [3.05, 3.63) is 50.5 Å². The van der Waals surface area contributed by atoms with Gasteiger partial charge in [0.25, 0.3) is 0 Å². The Labute approximate surface area is 153 Å². The molecule has 0 saturated heterocycles. The number of aryl methyl sites for hydroxylation is 1. The highest BCUT2D eigenvalue weighted by molar-refractivity contribution is 9.11. The minimum atomic E-state index is 0.478. The van der Waals surface area contributed by atoms with E-state index in [0.717, 1.165) is 22.3 Å². The van der Waals surface area contributed by atoms with Gasteiger partial charge in [0.05, 0.1) is 16.5 Å². The fourth-order valence-electron chi connectivity index (χ4n) is 1.79. The van der Waals surface area contributed by atoms with Crippen molar-refractivity contribution in [2.45, 2.75) is 20.5 Å². The molecular weight excluding hydrogens is 422 g/mol. The average molecular weight is 441 g/mol. The van der Waals surface area contributed by atoms with E-state index in [2.05, 4.69) is 67.8 Å². The van der Waals surface area contributed by atoms with Crippen molar-refractivity contribution in [1.29, 1.82) is 0 Å². The fourth-order valence-corrected chi connectivity index (χ4v) is 2.59. The largest absolute Gasteiger partial charge is 0.472 e. The zero-order valence-corrected chi connectivity index (χ0v) is 16.6. The molecule has 0 atom stereocenters. The van der Waals surface area contributed by atoms with Gasteiger partial charge >= 0.3 is 0 Å². The first-order chi connectivity index (χ1) is 11.0. The molecule has 0 amide bonds. The molecular formula is C17H19Br2N3O. The summed E-state index contributed by atoms with van der Waals surface area (Å²) in [6.07, 6.45) is 1.78. The molecule has 0 bridgehead atoms. The van der Waals surface area contributed by atoms with Gasteiger partial charge in [-0.15, -0.1) is 0 Å². The highest BCUT2D eigenvalue weighted by Gasteiger charge is 2.10.